The molecule has 1 amide bonds. The highest BCUT2D eigenvalue weighted by molar-refractivity contribution is 5.94. The number of benzene rings is 1. The van der Waals surface area contributed by atoms with Gasteiger partial charge in [-0.15, -0.1) is 0 Å². The summed E-state index contributed by atoms with van der Waals surface area (Å²) in [5.41, 5.74) is 6.70. The van der Waals surface area contributed by atoms with Crippen LogP contribution in [-0.2, 0) is 4.84 Å². The van der Waals surface area contributed by atoms with E-state index in [1.165, 1.54) is 19.7 Å². The molecule has 22 heavy (non-hydrogen) atoms. The first-order valence-corrected chi connectivity index (χ1v) is 6.32. The predicted octanol–water partition coefficient (Wildman–Crippen LogP) is 1.19. The lowest BCUT2D eigenvalue weighted by Crippen LogP contribution is -2.17. The monoisotopic (exact) mass is 301 g/mol. The number of rotatable bonds is 5. The fourth-order valence-corrected chi connectivity index (χ4v) is 1.63. The van der Waals surface area contributed by atoms with Gasteiger partial charge in [0, 0.05) is 12.6 Å². The minimum Gasteiger partial charge on any atom is -0.438 e. The summed E-state index contributed by atoms with van der Waals surface area (Å²) in [5, 5.41) is 6.18. The van der Waals surface area contributed by atoms with Crippen LogP contribution in [0.15, 0.2) is 35.7 Å². The summed E-state index contributed by atoms with van der Waals surface area (Å²) in [6, 6.07) is 6.59. The molecule has 2 rings (SSSR count). The normalized spacial score (nSPS) is 10.5. The van der Waals surface area contributed by atoms with Gasteiger partial charge in [-0.2, -0.15) is 0 Å². The van der Waals surface area contributed by atoms with E-state index in [0.29, 0.717) is 16.9 Å². The summed E-state index contributed by atoms with van der Waals surface area (Å²) in [4.78, 5) is 24.0. The third kappa shape index (κ3) is 3.48. The third-order valence-corrected chi connectivity index (χ3v) is 2.72. The Morgan fingerprint density at radius 3 is 2.68 bits per heavy atom. The molecular weight excluding hydrogens is 286 g/mol. The molecule has 8 nitrogen and oxygen atoms in total. The average molecular weight is 301 g/mol. The lowest BCUT2D eigenvalue weighted by molar-refractivity contribution is 0.0963. The van der Waals surface area contributed by atoms with Crippen LogP contribution < -0.4 is 15.8 Å². The fourth-order valence-electron chi connectivity index (χ4n) is 1.63. The van der Waals surface area contributed by atoms with Gasteiger partial charge in [-0.3, -0.25) is 4.79 Å². The summed E-state index contributed by atoms with van der Waals surface area (Å²) in [7, 11) is 2.98. The molecule has 0 aliphatic heterocycles. The minimum absolute atomic E-state index is 0.175. The van der Waals surface area contributed by atoms with E-state index < -0.39 is 0 Å². The van der Waals surface area contributed by atoms with E-state index in [2.05, 4.69) is 25.3 Å². The zero-order chi connectivity index (χ0) is 15.9. The minimum atomic E-state index is -0.175. The number of hydrogen-bond acceptors (Lipinski definition) is 7. The second kappa shape index (κ2) is 7.02. The number of nitrogens with two attached hydrogens (primary N) is 1. The molecule has 0 aliphatic carbocycles. The van der Waals surface area contributed by atoms with Crippen molar-refractivity contribution in [1.82, 2.24) is 15.3 Å². The lowest BCUT2D eigenvalue weighted by atomic mass is 10.2. The number of ether oxygens (including phenoxy) is 1. The van der Waals surface area contributed by atoms with Gasteiger partial charge in [0.1, 0.15) is 30.6 Å². The third-order valence-electron chi connectivity index (χ3n) is 2.72. The molecule has 0 radical (unpaired) electrons. The van der Waals surface area contributed by atoms with E-state index >= 15 is 0 Å². The molecule has 0 unspecified atom stereocenters. The van der Waals surface area contributed by atoms with Gasteiger partial charge in [0.2, 0.25) is 5.88 Å². The molecule has 0 saturated carbocycles. The molecule has 0 bridgehead atoms. The Kier molecular flexibility index (Phi) is 4.86. The van der Waals surface area contributed by atoms with E-state index in [9.17, 15) is 4.79 Å². The Hall–Kier alpha value is -3.16. The van der Waals surface area contributed by atoms with Crippen LogP contribution in [0.4, 0.5) is 5.82 Å². The Morgan fingerprint density at radius 2 is 2.05 bits per heavy atom. The van der Waals surface area contributed by atoms with Crippen LogP contribution in [0.3, 0.4) is 0 Å². The molecule has 3 N–H and O–H groups in total. The number of hydrogen-bond donors (Lipinski definition) is 2. The Bertz CT molecular complexity index is 685. The van der Waals surface area contributed by atoms with Gasteiger partial charge in [-0.25, -0.2) is 9.97 Å². The van der Waals surface area contributed by atoms with Gasteiger partial charge in [-0.05, 0) is 24.3 Å². The van der Waals surface area contributed by atoms with E-state index in [1.54, 1.807) is 31.3 Å². The van der Waals surface area contributed by atoms with Crippen LogP contribution in [0.2, 0.25) is 0 Å². The maximum Gasteiger partial charge on any atom is 0.251 e. The number of nitrogens with zero attached hydrogens (tertiary/aromatic N) is 3. The number of amides is 1. The number of aromatic nitrogens is 2. The molecule has 8 heteroatoms. The van der Waals surface area contributed by atoms with Gasteiger partial charge in [0.15, 0.2) is 0 Å². The molecule has 0 saturated heterocycles. The van der Waals surface area contributed by atoms with Crippen molar-refractivity contribution in [1.29, 1.82) is 0 Å². The van der Waals surface area contributed by atoms with Crippen LogP contribution in [0.5, 0.6) is 11.6 Å². The molecule has 1 aromatic heterocycles. The van der Waals surface area contributed by atoms with Crippen molar-refractivity contribution in [3.63, 3.8) is 0 Å². The van der Waals surface area contributed by atoms with E-state index in [0.717, 1.165) is 0 Å². The molecule has 1 aromatic carbocycles. The van der Waals surface area contributed by atoms with Crippen LogP contribution in [0.1, 0.15) is 15.9 Å². The second-order valence-electron chi connectivity index (χ2n) is 4.10. The first-order chi connectivity index (χ1) is 10.7. The van der Waals surface area contributed by atoms with Crippen molar-refractivity contribution < 1.29 is 14.4 Å². The summed E-state index contributed by atoms with van der Waals surface area (Å²) in [6.45, 7) is 0. The topological polar surface area (TPSA) is 112 Å². The zero-order valence-corrected chi connectivity index (χ0v) is 12.1. The van der Waals surface area contributed by atoms with Crippen molar-refractivity contribution in [3.05, 3.63) is 41.7 Å². The van der Waals surface area contributed by atoms with Crippen LogP contribution >= 0.6 is 0 Å². The van der Waals surface area contributed by atoms with Gasteiger partial charge < -0.3 is 20.6 Å². The fraction of sp³-hybridized carbons (Fsp3) is 0.143. The molecule has 2 aromatic rings. The smallest absolute Gasteiger partial charge is 0.251 e. The van der Waals surface area contributed by atoms with Gasteiger partial charge >= 0.3 is 0 Å². The Morgan fingerprint density at radius 1 is 1.32 bits per heavy atom. The number of carbonyl (C=O) groups excluding carboxylic acids is 1. The standard InChI is InChI=1S/C14H15N5O3/c1-16-13(20)9-3-5-10(6-4-9)22-14-11(7-19-21-2)12(15)17-8-18-14/h3-8H,1-2H3,(H,16,20)(H2,15,17,18)/b19-7+. The molecule has 0 spiro atoms. The molecule has 0 fully saturated rings. The Labute approximate surface area is 127 Å². The van der Waals surface area contributed by atoms with Crippen LogP contribution in [-0.4, -0.2) is 36.2 Å². The molecule has 0 aliphatic rings. The van der Waals surface area contributed by atoms with Crippen molar-refractivity contribution in [2.24, 2.45) is 5.16 Å². The van der Waals surface area contributed by atoms with Gasteiger partial charge in [-0.1, -0.05) is 5.16 Å². The maximum absolute atomic E-state index is 11.5. The Balaban J connectivity index is 2.25. The number of anilines is 1. The summed E-state index contributed by atoms with van der Waals surface area (Å²) >= 11 is 0. The quantitative estimate of drug-likeness (QED) is 0.633. The van der Waals surface area contributed by atoms with E-state index in [1.807, 2.05) is 0 Å². The molecule has 1 heterocycles. The predicted molar refractivity (Wildman–Crippen MR) is 81.0 cm³/mol. The zero-order valence-electron chi connectivity index (χ0n) is 12.1. The van der Waals surface area contributed by atoms with Crippen molar-refractivity contribution >= 4 is 17.9 Å². The van der Waals surface area contributed by atoms with Gasteiger partial charge in [0.25, 0.3) is 5.91 Å². The highest BCUT2D eigenvalue weighted by Crippen LogP contribution is 2.24. The van der Waals surface area contributed by atoms with Crippen molar-refractivity contribution in [2.45, 2.75) is 0 Å². The molecule has 114 valence electrons. The summed E-state index contributed by atoms with van der Waals surface area (Å²) in [5.74, 6) is 0.775. The summed E-state index contributed by atoms with van der Waals surface area (Å²) in [6.07, 6.45) is 2.65. The van der Waals surface area contributed by atoms with E-state index in [-0.39, 0.29) is 17.6 Å². The first-order valence-electron chi connectivity index (χ1n) is 6.32. The van der Waals surface area contributed by atoms with Crippen LogP contribution in [0.25, 0.3) is 0 Å². The number of carbonyl (C=O) groups is 1. The number of nitrogen functional groups attached to an aromatic ring is 1. The number of oxime groups is 1. The maximum atomic E-state index is 11.5. The van der Waals surface area contributed by atoms with Gasteiger partial charge in [0.05, 0.1) is 6.21 Å². The highest BCUT2D eigenvalue weighted by atomic mass is 16.6. The lowest BCUT2D eigenvalue weighted by Gasteiger charge is -2.08. The average Bonchev–Trinajstić information content (AvgIpc) is 2.54. The largest absolute Gasteiger partial charge is 0.438 e. The first kappa shape index (κ1) is 15.2. The highest BCUT2D eigenvalue weighted by Gasteiger charge is 2.10. The number of nitrogens with one attached hydrogen (secondary N) is 1. The van der Waals surface area contributed by atoms with Crippen molar-refractivity contribution in [3.8, 4) is 11.6 Å². The molecule has 0 atom stereocenters. The van der Waals surface area contributed by atoms with Crippen molar-refractivity contribution in [2.75, 3.05) is 19.9 Å². The summed E-state index contributed by atoms with van der Waals surface area (Å²) < 4.78 is 5.65. The van der Waals surface area contributed by atoms with E-state index in [4.69, 9.17) is 10.5 Å². The van der Waals surface area contributed by atoms with Crippen LogP contribution in [0, 0.1) is 0 Å². The second-order valence-corrected chi connectivity index (χ2v) is 4.10. The SMILES string of the molecule is CNC(=O)c1ccc(Oc2ncnc(N)c2/C=N/OC)cc1. The molecular formula is C14H15N5O3.